The zero-order valence-electron chi connectivity index (χ0n) is 16.7. The Hall–Kier alpha value is -2.57. The monoisotopic (exact) mass is 445 g/mol. The fourth-order valence-corrected chi connectivity index (χ4v) is 4.26. The molecule has 0 radical (unpaired) electrons. The van der Waals surface area contributed by atoms with Gasteiger partial charge in [0, 0.05) is 31.9 Å². The number of nitrogens with zero attached hydrogens (tertiary/aromatic N) is 3. The summed E-state index contributed by atoms with van der Waals surface area (Å²) in [7, 11) is 0. The Morgan fingerprint density at radius 2 is 1.50 bits per heavy atom. The molecule has 2 heterocycles. The van der Waals surface area contributed by atoms with Crippen molar-refractivity contribution in [2.45, 2.75) is 13.8 Å². The van der Waals surface area contributed by atoms with E-state index in [-0.39, 0.29) is 33.6 Å². The first-order valence-electron chi connectivity index (χ1n) is 9.72. The second kappa shape index (κ2) is 7.93. The first-order valence-corrected chi connectivity index (χ1v) is 10.5. The zero-order chi connectivity index (χ0) is 21.6. The van der Waals surface area contributed by atoms with E-state index < -0.39 is 11.8 Å². The van der Waals surface area contributed by atoms with Crippen molar-refractivity contribution in [2.24, 2.45) is 0 Å². The van der Waals surface area contributed by atoms with E-state index in [4.69, 9.17) is 23.2 Å². The van der Waals surface area contributed by atoms with Crippen LogP contribution in [0.25, 0.3) is 0 Å². The smallest absolute Gasteiger partial charge is 0.262 e. The van der Waals surface area contributed by atoms with Crippen molar-refractivity contribution in [1.29, 1.82) is 0 Å². The van der Waals surface area contributed by atoms with Crippen LogP contribution in [0.1, 0.15) is 31.8 Å². The third-order valence-electron chi connectivity index (χ3n) is 5.85. The zero-order valence-corrected chi connectivity index (χ0v) is 18.3. The minimum absolute atomic E-state index is 0.182. The standard InChI is InChI=1S/C22H21Cl2N3O3/c1-13-4-3-5-19(14(13)2)25-6-8-26(9-7-25)20(28)12-27-21(29)15-10-17(23)18(24)11-16(15)22(27)30/h3-5,10-11H,6-9,12H2,1-2H3. The minimum atomic E-state index is -0.518. The van der Waals surface area contributed by atoms with E-state index in [1.54, 1.807) is 4.90 Å². The van der Waals surface area contributed by atoms with E-state index in [0.29, 0.717) is 26.2 Å². The van der Waals surface area contributed by atoms with Crippen LogP contribution in [-0.2, 0) is 4.79 Å². The number of fused-ring (bicyclic) bond motifs is 1. The molecule has 0 aromatic heterocycles. The number of carbonyl (C=O) groups excluding carboxylic acids is 3. The first-order chi connectivity index (χ1) is 14.3. The van der Waals surface area contributed by atoms with Crippen LogP contribution in [0.3, 0.4) is 0 Å². The Balaban J connectivity index is 1.41. The second-order valence-electron chi connectivity index (χ2n) is 7.60. The highest BCUT2D eigenvalue weighted by molar-refractivity contribution is 6.43. The number of aryl methyl sites for hydroxylation is 1. The molecule has 0 aliphatic carbocycles. The lowest BCUT2D eigenvalue weighted by Gasteiger charge is -2.37. The van der Waals surface area contributed by atoms with Crippen LogP contribution in [-0.4, -0.2) is 60.2 Å². The number of rotatable bonds is 3. The topological polar surface area (TPSA) is 60.9 Å². The summed E-state index contributed by atoms with van der Waals surface area (Å²) in [5.41, 5.74) is 4.01. The molecule has 2 aliphatic heterocycles. The van der Waals surface area contributed by atoms with Crippen molar-refractivity contribution in [3.8, 4) is 0 Å². The molecule has 0 N–H and O–H groups in total. The predicted octanol–water partition coefficient (Wildman–Crippen LogP) is 3.56. The molecule has 2 aliphatic rings. The number of amides is 3. The van der Waals surface area contributed by atoms with E-state index in [0.717, 1.165) is 4.90 Å². The number of anilines is 1. The second-order valence-corrected chi connectivity index (χ2v) is 8.41. The third kappa shape index (κ3) is 3.55. The van der Waals surface area contributed by atoms with Crippen LogP contribution in [0.4, 0.5) is 5.69 Å². The maximum Gasteiger partial charge on any atom is 0.262 e. The fourth-order valence-electron chi connectivity index (χ4n) is 3.94. The number of hydrogen-bond donors (Lipinski definition) is 0. The van der Waals surface area contributed by atoms with Crippen LogP contribution in [0.5, 0.6) is 0 Å². The summed E-state index contributed by atoms with van der Waals surface area (Å²) in [6.45, 7) is 6.36. The van der Waals surface area contributed by atoms with Gasteiger partial charge in [-0.2, -0.15) is 0 Å². The molecule has 1 fully saturated rings. The number of halogens is 2. The summed E-state index contributed by atoms with van der Waals surface area (Å²) < 4.78 is 0. The Bertz CT molecular complexity index is 1020. The van der Waals surface area contributed by atoms with Crippen LogP contribution in [0, 0.1) is 13.8 Å². The molecule has 30 heavy (non-hydrogen) atoms. The van der Waals surface area contributed by atoms with Gasteiger partial charge in [-0.3, -0.25) is 19.3 Å². The highest BCUT2D eigenvalue weighted by atomic mass is 35.5. The molecule has 0 bridgehead atoms. The Morgan fingerprint density at radius 1 is 0.933 bits per heavy atom. The van der Waals surface area contributed by atoms with Crippen molar-refractivity contribution in [3.63, 3.8) is 0 Å². The molecule has 0 spiro atoms. The summed E-state index contributed by atoms with van der Waals surface area (Å²) in [5.74, 6) is -1.28. The number of benzene rings is 2. The lowest BCUT2D eigenvalue weighted by atomic mass is 10.1. The molecule has 2 aromatic carbocycles. The highest BCUT2D eigenvalue weighted by Gasteiger charge is 2.38. The molecule has 1 saturated heterocycles. The van der Waals surface area contributed by atoms with Crippen LogP contribution >= 0.6 is 23.2 Å². The molecule has 156 valence electrons. The molecule has 0 atom stereocenters. The summed E-state index contributed by atoms with van der Waals surface area (Å²) in [6.07, 6.45) is 0. The lowest BCUT2D eigenvalue weighted by molar-refractivity contribution is -0.131. The number of imide groups is 1. The van der Waals surface area contributed by atoms with Crippen LogP contribution in [0.15, 0.2) is 30.3 Å². The van der Waals surface area contributed by atoms with E-state index in [2.05, 4.69) is 30.9 Å². The fraction of sp³-hybridized carbons (Fsp3) is 0.318. The summed E-state index contributed by atoms with van der Waals surface area (Å²) in [5, 5.41) is 0.402. The predicted molar refractivity (Wildman–Crippen MR) is 117 cm³/mol. The average molecular weight is 446 g/mol. The van der Waals surface area contributed by atoms with Gasteiger partial charge < -0.3 is 9.80 Å². The molecule has 0 saturated carbocycles. The van der Waals surface area contributed by atoms with E-state index >= 15 is 0 Å². The maximum absolute atomic E-state index is 12.8. The molecule has 4 rings (SSSR count). The van der Waals surface area contributed by atoms with Crippen molar-refractivity contribution in [2.75, 3.05) is 37.6 Å². The van der Waals surface area contributed by atoms with Gasteiger partial charge in [0.15, 0.2) is 0 Å². The van der Waals surface area contributed by atoms with Gasteiger partial charge in [-0.05, 0) is 43.2 Å². The van der Waals surface area contributed by atoms with Gasteiger partial charge in [-0.1, -0.05) is 35.3 Å². The molecular formula is C22H21Cl2N3O3. The summed E-state index contributed by atoms with van der Waals surface area (Å²) in [6, 6.07) is 8.98. The quantitative estimate of drug-likeness (QED) is 0.677. The van der Waals surface area contributed by atoms with Gasteiger partial charge in [0.25, 0.3) is 11.8 Å². The molecule has 6 nitrogen and oxygen atoms in total. The number of piperazine rings is 1. The maximum atomic E-state index is 12.8. The molecule has 8 heteroatoms. The minimum Gasteiger partial charge on any atom is -0.368 e. The Morgan fingerprint density at radius 3 is 2.07 bits per heavy atom. The summed E-state index contributed by atoms with van der Waals surface area (Å²) >= 11 is 11.9. The van der Waals surface area contributed by atoms with Crippen LogP contribution < -0.4 is 4.90 Å². The molecule has 3 amide bonds. The molecule has 2 aromatic rings. The summed E-state index contributed by atoms with van der Waals surface area (Å²) in [4.78, 5) is 43.0. The van der Waals surface area contributed by atoms with E-state index in [1.165, 1.54) is 28.9 Å². The van der Waals surface area contributed by atoms with Gasteiger partial charge in [0.05, 0.1) is 21.2 Å². The molecule has 0 unspecified atom stereocenters. The lowest BCUT2D eigenvalue weighted by Crippen LogP contribution is -2.52. The van der Waals surface area contributed by atoms with Gasteiger partial charge in [-0.15, -0.1) is 0 Å². The normalized spacial score (nSPS) is 16.3. The van der Waals surface area contributed by atoms with Crippen molar-refractivity contribution < 1.29 is 14.4 Å². The average Bonchev–Trinajstić information content (AvgIpc) is 2.95. The SMILES string of the molecule is Cc1cccc(N2CCN(C(=O)CN3C(=O)c4cc(Cl)c(Cl)cc4C3=O)CC2)c1C. The van der Waals surface area contributed by atoms with Gasteiger partial charge >= 0.3 is 0 Å². The Kier molecular flexibility index (Phi) is 5.47. The number of carbonyl (C=O) groups is 3. The van der Waals surface area contributed by atoms with Gasteiger partial charge in [0.1, 0.15) is 6.54 Å². The van der Waals surface area contributed by atoms with Gasteiger partial charge in [-0.25, -0.2) is 0 Å². The van der Waals surface area contributed by atoms with Crippen molar-refractivity contribution in [1.82, 2.24) is 9.80 Å². The van der Waals surface area contributed by atoms with Crippen molar-refractivity contribution in [3.05, 3.63) is 62.6 Å². The number of hydrogen-bond acceptors (Lipinski definition) is 4. The van der Waals surface area contributed by atoms with Crippen LogP contribution in [0.2, 0.25) is 10.0 Å². The third-order valence-corrected chi connectivity index (χ3v) is 6.58. The molecular weight excluding hydrogens is 425 g/mol. The van der Waals surface area contributed by atoms with Gasteiger partial charge in [0.2, 0.25) is 5.91 Å². The van der Waals surface area contributed by atoms with E-state index in [1.807, 2.05) is 6.07 Å². The largest absolute Gasteiger partial charge is 0.368 e. The van der Waals surface area contributed by atoms with Crippen molar-refractivity contribution >= 4 is 46.6 Å². The first kappa shape index (κ1) is 20.7. The highest BCUT2D eigenvalue weighted by Crippen LogP contribution is 2.31. The Labute approximate surface area is 184 Å². The van der Waals surface area contributed by atoms with E-state index in [9.17, 15) is 14.4 Å².